The summed E-state index contributed by atoms with van der Waals surface area (Å²) in [6.07, 6.45) is 3.46. The summed E-state index contributed by atoms with van der Waals surface area (Å²) in [5, 5.41) is 9.14. The van der Waals surface area contributed by atoms with Gasteiger partial charge in [-0.25, -0.2) is 9.18 Å². The maximum atomic E-state index is 13.3. The van der Waals surface area contributed by atoms with Crippen LogP contribution in [0.5, 0.6) is 0 Å². The smallest absolute Gasteiger partial charge is 0.336 e. The Balaban J connectivity index is 2.13. The maximum absolute atomic E-state index is 13.3. The van der Waals surface area contributed by atoms with E-state index in [1.54, 1.807) is 0 Å². The number of halogens is 1. The van der Waals surface area contributed by atoms with Crippen LogP contribution in [0.3, 0.4) is 0 Å². The second-order valence-corrected chi connectivity index (χ2v) is 5.42. The van der Waals surface area contributed by atoms with Gasteiger partial charge in [-0.1, -0.05) is 6.92 Å². The molecule has 0 spiro atoms. The van der Waals surface area contributed by atoms with Crippen molar-refractivity contribution in [2.75, 3.05) is 13.1 Å². The molecular formula is C15H20FNO2. The van der Waals surface area contributed by atoms with E-state index in [9.17, 15) is 9.18 Å². The number of carbonyl (C=O) groups is 1. The van der Waals surface area contributed by atoms with Crippen molar-refractivity contribution in [1.29, 1.82) is 0 Å². The van der Waals surface area contributed by atoms with E-state index in [1.165, 1.54) is 24.6 Å². The number of rotatable bonds is 3. The average Bonchev–Trinajstić information content (AvgIpc) is 2.54. The summed E-state index contributed by atoms with van der Waals surface area (Å²) in [5.74, 6) is -0.641. The molecule has 1 fully saturated rings. The monoisotopic (exact) mass is 265 g/mol. The predicted octanol–water partition coefficient (Wildman–Crippen LogP) is 3.15. The number of benzene rings is 1. The van der Waals surface area contributed by atoms with Crippen molar-refractivity contribution in [3.8, 4) is 0 Å². The van der Waals surface area contributed by atoms with Crippen LogP contribution in [-0.2, 0) is 6.54 Å². The summed E-state index contributed by atoms with van der Waals surface area (Å²) in [6.45, 7) is 4.68. The van der Waals surface area contributed by atoms with Gasteiger partial charge in [0.2, 0.25) is 0 Å². The van der Waals surface area contributed by atoms with Crippen molar-refractivity contribution in [1.82, 2.24) is 4.90 Å². The molecule has 19 heavy (non-hydrogen) atoms. The van der Waals surface area contributed by atoms with E-state index < -0.39 is 5.97 Å². The van der Waals surface area contributed by atoms with Crippen LogP contribution in [0.1, 0.15) is 42.1 Å². The molecule has 1 saturated heterocycles. The molecule has 0 bridgehead atoms. The number of carboxylic acids is 1. The minimum atomic E-state index is -0.988. The SMILES string of the molecule is CC1CCCN(Cc2cc(F)ccc2C(=O)O)CC1. The summed E-state index contributed by atoms with van der Waals surface area (Å²) < 4.78 is 13.3. The fourth-order valence-corrected chi connectivity index (χ4v) is 2.62. The third kappa shape index (κ3) is 3.77. The Hall–Kier alpha value is -1.42. The molecule has 1 aliphatic heterocycles. The lowest BCUT2D eigenvalue weighted by atomic mass is 10.0. The van der Waals surface area contributed by atoms with Crippen molar-refractivity contribution in [2.45, 2.75) is 32.7 Å². The molecule has 1 unspecified atom stereocenters. The standard InChI is InChI=1S/C15H20FNO2/c1-11-3-2-7-17(8-6-11)10-12-9-13(16)4-5-14(12)15(18)19/h4-5,9,11H,2-3,6-8,10H2,1H3,(H,18,19). The molecule has 104 valence electrons. The summed E-state index contributed by atoms with van der Waals surface area (Å²) >= 11 is 0. The molecule has 0 amide bonds. The molecule has 1 atom stereocenters. The summed E-state index contributed by atoms with van der Waals surface area (Å²) in [4.78, 5) is 13.4. The van der Waals surface area contributed by atoms with Crippen LogP contribution >= 0.6 is 0 Å². The Morgan fingerprint density at radius 3 is 2.95 bits per heavy atom. The van der Waals surface area contributed by atoms with E-state index in [1.807, 2.05) is 0 Å². The first-order valence-corrected chi connectivity index (χ1v) is 6.80. The third-order valence-corrected chi connectivity index (χ3v) is 3.80. The molecule has 3 nitrogen and oxygen atoms in total. The second kappa shape index (κ2) is 6.15. The zero-order chi connectivity index (χ0) is 13.8. The van der Waals surface area contributed by atoms with Crippen molar-refractivity contribution in [3.63, 3.8) is 0 Å². The highest BCUT2D eigenvalue weighted by molar-refractivity contribution is 5.89. The van der Waals surface area contributed by atoms with E-state index in [0.717, 1.165) is 31.8 Å². The van der Waals surface area contributed by atoms with Crippen LogP contribution in [0.2, 0.25) is 0 Å². The highest BCUT2D eigenvalue weighted by Crippen LogP contribution is 2.20. The maximum Gasteiger partial charge on any atom is 0.336 e. The quantitative estimate of drug-likeness (QED) is 0.912. The van der Waals surface area contributed by atoms with Gasteiger partial charge in [-0.2, -0.15) is 0 Å². The Kier molecular flexibility index (Phi) is 4.53. The van der Waals surface area contributed by atoms with Gasteiger partial charge in [0.15, 0.2) is 0 Å². The first kappa shape index (κ1) is 14.0. The molecule has 1 aromatic rings. The fraction of sp³-hybridized carbons (Fsp3) is 0.533. The van der Waals surface area contributed by atoms with Gasteiger partial charge in [-0.05, 0) is 62.0 Å². The van der Waals surface area contributed by atoms with Gasteiger partial charge >= 0.3 is 5.97 Å². The van der Waals surface area contributed by atoms with Gasteiger partial charge in [0.1, 0.15) is 5.82 Å². The van der Waals surface area contributed by atoms with E-state index >= 15 is 0 Å². The number of hydrogen-bond acceptors (Lipinski definition) is 2. The largest absolute Gasteiger partial charge is 0.478 e. The van der Waals surface area contributed by atoms with Crippen LogP contribution in [0.4, 0.5) is 4.39 Å². The highest BCUT2D eigenvalue weighted by Gasteiger charge is 2.17. The van der Waals surface area contributed by atoms with Gasteiger partial charge < -0.3 is 5.11 Å². The Labute approximate surface area is 113 Å². The lowest BCUT2D eigenvalue weighted by Gasteiger charge is -2.21. The van der Waals surface area contributed by atoms with Gasteiger partial charge in [-0.3, -0.25) is 4.90 Å². The summed E-state index contributed by atoms with van der Waals surface area (Å²) in [7, 11) is 0. The molecular weight excluding hydrogens is 245 g/mol. The van der Waals surface area contributed by atoms with Crippen molar-refractivity contribution >= 4 is 5.97 Å². The molecule has 0 aromatic heterocycles. The van der Waals surface area contributed by atoms with Gasteiger partial charge in [0.25, 0.3) is 0 Å². The fourth-order valence-electron chi connectivity index (χ4n) is 2.62. The number of hydrogen-bond donors (Lipinski definition) is 1. The number of carboxylic acid groups (broad SMARTS) is 1. The highest BCUT2D eigenvalue weighted by atomic mass is 19.1. The molecule has 1 aliphatic rings. The lowest BCUT2D eigenvalue weighted by molar-refractivity contribution is 0.0694. The van der Waals surface area contributed by atoms with Gasteiger partial charge in [0.05, 0.1) is 5.56 Å². The normalized spacial score (nSPS) is 21.1. The van der Waals surface area contributed by atoms with Crippen molar-refractivity contribution in [2.24, 2.45) is 5.92 Å². The van der Waals surface area contributed by atoms with Crippen LogP contribution < -0.4 is 0 Å². The van der Waals surface area contributed by atoms with Crippen LogP contribution in [0, 0.1) is 11.7 Å². The lowest BCUT2D eigenvalue weighted by Crippen LogP contribution is -2.25. The Bertz CT molecular complexity index is 461. The first-order valence-electron chi connectivity index (χ1n) is 6.80. The van der Waals surface area contributed by atoms with Gasteiger partial charge in [-0.15, -0.1) is 0 Å². The molecule has 0 aliphatic carbocycles. The molecule has 1 N–H and O–H groups in total. The van der Waals surface area contributed by atoms with Crippen molar-refractivity contribution < 1.29 is 14.3 Å². The first-order chi connectivity index (χ1) is 9.06. The zero-order valence-corrected chi connectivity index (χ0v) is 11.2. The van der Waals surface area contributed by atoms with E-state index in [2.05, 4.69) is 11.8 Å². The van der Waals surface area contributed by atoms with Crippen LogP contribution in [0.25, 0.3) is 0 Å². The molecule has 0 radical (unpaired) electrons. The summed E-state index contributed by atoms with van der Waals surface area (Å²) in [6, 6.07) is 3.91. The predicted molar refractivity (Wildman–Crippen MR) is 71.7 cm³/mol. The van der Waals surface area contributed by atoms with Crippen LogP contribution in [-0.4, -0.2) is 29.1 Å². The minimum Gasteiger partial charge on any atom is -0.478 e. The van der Waals surface area contributed by atoms with Crippen LogP contribution in [0.15, 0.2) is 18.2 Å². The van der Waals surface area contributed by atoms with E-state index in [0.29, 0.717) is 12.1 Å². The molecule has 0 saturated carbocycles. The number of aromatic carboxylic acids is 1. The molecule has 4 heteroatoms. The number of nitrogens with zero attached hydrogens (tertiary/aromatic N) is 1. The Morgan fingerprint density at radius 1 is 1.42 bits per heavy atom. The summed E-state index contributed by atoms with van der Waals surface area (Å²) in [5.41, 5.74) is 0.778. The van der Waals surface area contributed by atoms with Gasteiger partial charge in [0, 0.05) is 6.54 Å². The average molecular weight is 265 g/mol. The topological polar surface area (TPSA) is 40.5 Å². The van der Waals surface area contributed by atoms with E-state index in [-0.39, 0.29) is 11.4 Å². The van der Waals surface area contributed by atoms with Crippen molar-refractivity contribution in [3.05, 3.63) is 35.1 Å². The molecule has 2 rings (SSSR count). The Morgan fingerprint density at radius 2 is 2.21 bits per heavy atom. The second-order valence-electron chi connectivity index (χ2n) is 5.42. The zero-order valence-electron chi connectivity index (χ0n) is 11.2. The number of likely N-dealkylation sites (tertiary alicyclic amines) is 1. The third-order valence-electron chi connectivity index (χ3n) is 3.80. The molecule has 1 heterocycles. The molecule has 1 aromatic carbocycles. The van der Waals surface area contributed by atoms with E-state index in [4.69, 9.17) is 5.11 Å². The minimum absolute atomic E-state index is 0.207.